The summed E-state index contributed by atoms with van der Waals surface area (Å²) >= 11 is 5.91. The number of rotatable bonds is 6. The Kier molecular flexibility index (Phi) is 6.31. The summed E-state index contributed by atoms with van der Waals surface area (Å²) in [5, 5.41) is 10.1. The summed E-state index contributed by atoms with van der Waals surface area (Å²) in [5.74, 6) is 0.824. The van der Waals surface area contributed by atoms with Gasteiger partial charge in [0, 0.05) is 5.02 Å². The minimum absolute atomic E-state index is 0.286. The minimum Gasteiger partial charge on any atom is -0.493 e. The van der Waals surface area contributed by atoms with Crippen molar-refractivity contribution in [2.24, 2.45) is 0 Å². The van der Waals surface area contributed by atoms with E-state index in [1.54, 1.807) is 61.7 Å². The van der Waals surface area contributed by atoms with Crippen LogP contribution >= 0.6 is 11.6 Å². The van der Waals surface area contributed by atoms with Gasteiger partial charge in [-0.2, -0.15) is 5.26 Å². The number of methoxy groups -OCH3 is 1. The van der Waals surface area contributed by atoms with Gasteiger partial charge in [0.05, 0.1) is 18.8 Å². The molecule has 0 aliphatic carbocycles. The van der Waals surface area contributed by atoms with Crippen LogP contribution in [-0.2, 0) is 6.61 Å². The molecule has 3 nitrogen and oxygen atoms in total. The number of nitrogens with zero attached hydrogens (tertiary/aromatic N) is 1. The average Bonchev–Trinajstić information content (AvgIpc) is 2.72. The van der Waals surface area contributed by atoms with Crippen LogP contribution in [0, 0.1) is 17.1 Å². The zero-order valence-electron chi connectivity index (χ0n) is 15.2. The van der Waals surface area contributed by atoms with E-state index in [2.05, 4.69) is 6.07 Å². The molecule has 28 heavy (non-hydrogen) atoms. The zero-order valence-corrected chi connectivity index (χ0v) is 15.9. The third-order valence-corrected chi connectivity index (χ3v) is 4.33. The maximum atomic E-state index is 13.0. The van der Waals surface area contributed by atoms with E-state index in [0.29, 0.717) is 28.7 Å². The molecule has 3 aromatic rings. The van der Waals surface area contributed by atoms with Gasteiger partial charge in [-0.1, -0.05) is 41.9 Å². The first-order valence-electron chi connectivity index (χ1n) is 8.52. The number of halogens is 2. The SMILES string of the molecule is COc1cc(/C=C(/C#N)c2ccc(Cl)cc2)ccc1OCc1ccc(F)cc1. The highest BCUT2D eigenvalue weighted by Crippen LogP contribution is 2.30. The van der Waals surface area contributed by atoms with Crippen molar-refractivity contribution in [2.45, 2.75) is 6.61 Å². The van der Waals surface area contributed by atoms with Gasteiger partial charge in [-0.05, 0) is 59.2 Å². The first-order valence-corrected chi connectivity index (χ1v) is 8.90. The van der Waals surface area contributed by atoms with Crippen molar-refractivity contribution in [3.05, 3.63) is 94.3 Å². The minimum atomic E-state index is -0.286. The second-order valence-corrected chi connectivity index (χ2v) is 6.44. The van der Waals surface area contributed by atoms with E-state index in [1.165, 1.54) is 12.1 Å². The van der Waals surface area contributed by atoms with Gasteiger partial charge in [0.25, 0.3) is 0 Å². The summed E-state index contributed by atoms with van der Waals surface area (Å²) < 4.78 is 24.2. The fraction of sp³-hybridized carbons (Fsp3) is 0.0870. The summed E-state index contributed by atoms with van der Waals surface area (Å²) in [6.07, 6.45) is 1.77. The van der Waals surface area contributed by atoms with Gasteiger partial charge in [0.1, 0.15) is 12.4 Å². The smallest absolute Gasteiger partial charge is 0.161 e. The number of benzene rings is 3. The van der Waals surface area contributed by atoms with Gasteiger partial charge in [0.2, 0.25) is 0 Å². The quantitative estimate of drug-likeness (QED) is 0.373. The largest absolute Gasteiger partial charge is 0.493 e. The molecule has 0 N–H and O–H groups in total. The zero-order chi connectivity index (χ0) is 19.9. The summed E-state index contributed by atoms with van der Waals surface area (Å²) in [4.78, 5) is 0. The molecule has 3 rings (SSSR count). The van der Waals surface area contributed by atoms with Crippen molar-refractivity contribution >= 4 is 23.3 Å². The number of allylic oxidation sites excluding steroid dienone is 1. The molecule has 0 saturated heterocycles. The summed E-state index contributed by atoms with van der Waals surface area (Å²) in [6, 6.07) is 20.8. The molecular formula is C23H17ClFNO2. The Morgan fingerprint density at radius 1 is 1.04 bits per heavy atom. The fourth-order valence-electron chi connectivity index (χ4n) is 2.61. The van der Waals surface area contributed by atoms with E-state index in [4.69, 9.17) is 21.1 Å². The summed E-state index contributed by atoms with van der Waals surface area (Å²) in [7, 11) is 1.55. The Morgan fingerprint density at radius 3 is 2.39 bits per heavy atom. The molecule has 0 aromatic heterocycles. The van der Waals surface area contributed by atoms with Crippen LogP contribution in [0.25, 0.3) is 11.6 Å². The lowest BCUT2D eigenvalue weighted by atomic mass is 10.0. The number of hydrogen-bond acceptors (Lipinski definition) is 3. The van der Waals surface area contributed by atoms with Crippen LogP contribution in [0.3, 0.4) is 0 Å². The molecule has 0 bridgehead atoms. The topological polar surface area (TPSA) is 42.2 Å². The molecule has 0 heterocycles. The highest BCUT2D eigenvalue weighted by Gasteiger charge is 2.07. The Morgan fingerprint density at radius 2 is 1.75 bits per heavy atom. The summed E-state index contributed by atoms with van der Waals surface area (Å²) in [6.45, 7) is 0.292. The van der Waals surface area contributed by atoms with E-state index >= 15 is 0 Å². The first kappa shape index (κ1) is 19.5. The predicted octanol–water partition coefficient (Wildman–Crippen LogP) is 6.13. The number of ether oxygens (including phenoxy) is 2. The fourth-order valence-corrected chi connectivity index (χ4v) is 2.74. The van der Waals surface area contributed by atoms with Crippen molar-refractivity contribution < 1.29 is 13.9 Å². The Hall–Kier alpha value is -3.29. The summed E-state index contributed by atoms with van der Waals surface area (Å²) in [5.41, 5.74) is 2.95. The number of nitriles is 1. The molecule has 0 aliphatic rings. The third kappa shape index (κ3) is 4.91. The van der Waals surface area contributed by atoms with Crippen LogP contribution in [0.2, 0.25) is 5.02 Å². The standard InChI is InChI=1S/C23H17ClFNO2/c1-27-23-13-17(12-19(14-26)18-5-7-20(24)8-6-18)4-11-22(23)28-15-16-2-9-21(25)10-3-16/h2-13H,15H2,1H3/b19-12-. The maximum Gasteiger partial charge on any atom is 0.161 e. The van der Waals surface area contributed by atoms with Crippen LogP contribution in [0.5, 0.6) is 11.5 Å². The lowest BCUT2D eigenvalue weighted by molar-refractivity contribution is 0.284. The van der Waals surface area contributed by atoms with Gasteiger partial charge in [-0.15, -0.1) is 0 Å². The molecule has 140 valence electrons. The molecule has 0 amide bonds. The lowest BCUT2D eigenvalue weighted by Gasteiger charge is -2.12. The van der Waals surface area contributed by atoms with Gasteiger partial charge in [-0.25, -0.2) is 4.39 Å². The Labute approximate surface area is 168 Å². The molecular weight excluding hydrogens is 377 g/mol. The van der Waals surface area contributed by atoms with Gasteiger partial charge < -0.3 is 9.47 Å². The molecule has 0 saturated carbocycles. The second kappa shape index (κ2) is 9.07. The van der Waals surface area contributed by atoms with E-state index in [-0.39, 0.29) is 5.82 Å². The molecule has 5 heteroatoms. The third-order valence-electron chi connectivity index (χ3n) is 4.08. The first-order chi connectivity index (χ1) is 13.6. The predicted molar refractivity (Wildman–Crippen MR) is 109 cm³/mol. The van der Waals surface area contributed by atoms with Crippen molar-refractivity contribution in [3.8, 4) is 17.6 Å². The van der Waals surface area contributed by atoms with E-state index in [1.807, 2.05) is 6.07 Å². The van der Waals surface area contributed by atoms with Gasteiger partial charge in [0.15, 0.2) is 11.5 Å². The molecule has 0 radical (unpaired) electrons. The van der Waals surface area contributed by atoms with Crippen LogP contribution in [0.4, 0.5) is 4.39 Å². The average molecular weight is 394 g/mol. The molecule has 0 fully saturated rings. The van der Waals surface area contributed by atoms with Crippen molar-refractivity contribution in [2.75, 3.05) is 7.11 Å². The molecule has 3 aromatic carbocycles. The van der Waals surface area contributed by atoms with E-state index in [0.717, 1.165) is 16.7 Å². The normalized spacial score (nSPS) is 11.0. The highest BCUT2D eigenvalue weighted by molar-refractivity contribution is 6.30. The monoisotopic (exact) mass is 393 g/mol. The highest BCUT2D eigenvalue weighted by atomic mass is 35.5. The maximum absolute atomic E-state index is 13.0. The van der Waals surface area contributed by atoms with Gasteiger partial charge in [-0.3, -0.25) is 0 Å². The van der Waals surface area contributed by atoms with Gasteiger partial charge >= 0.3 is 0 Å². The van der Waals surface area contributed by atoms with Crippen LogP contribution in [0.1, 0.15) is 16.7 Å². The van der Waals surface area contributed by atoms with Crippen LogP contribution < -0.4 is 9.47 Å². The lowest BCUT2D eigenvalue weighted by Crippen LogP contribution is -1.98. The van der Waals surface area contributed by atoms with Crippen LogP contribution in [0.15, 0.2) is 66.7 Å². The van der Waals surface area contributed by atoms with Crippen LogP contribution in [-0.4, -0.2) is 7.11 Å². The Bertz CT molecular complexity index is 1020. The van der Waals surface area contributed by atoms with E-state index < -0.39 is 0 Å². The molecule has 0 spiro atoms. The second-order valence-electron chi connectivity index (χ2n) is 6.00. The number of hydrogen-bond donors (Lipinski definition) is 0. The van der Waals surface area contributed by atoms with Crippen molar-refractivity contribution in [1.29, 1.82) is 5.26 Å². The van der Waals surface area contributed by atoms with E-state index in [9.17, 15) is 9.65 Å². The molecule has 0 atom stereocenters. The molecule has 0 unspecified atom stereocenters. The molecule has 0 aliphatic heterocycles. The Balaban J connectivity index is 1.80. The van der Waals surface area contributed by atoms with Crippen molar-refractivity contribution in [3.63, 3.8) is 0 Å². The van der Waals surface area contributed by atoms with Crippen molar-refractivity contribution in [1.82, 2.24) is 0 Å².